The number of allylic oxidation sites excluding steroid dienone is 5. The molecule has 0 atom stereocenters. The molecule has 94 valence electrons. The lowest BCUT2D eigenvalue weighted by Gasteiger charge is -2.05. The number of hydrogen-bond donors (Lipinski definition) is 0. The first-order valence-electron chi connectivity index (χ1n) is 5.51. The first-order valence-corrected chi connectivity index (χ1v) is 5.51. The zero-order valence-electron chi connectivity index (χ0n) is 10.4. The molecule has 0 aliphatic carbocycles. The highest BCUT2D eigenvalue weighted by Gasteiger charge is 2.19. The van der Waals surface area contributed by atoms with E-state index >= 15 is 0 Å². The number of carbonyl (C=O) groups is 2. The molecule has 0 bridgehead atoms. The summed E-state index contributed by atoms with van der Waals surface area (Å²) in [7, 11) is 0. The topological polar surface area (TPSA) is 52.6 Å². The van der Waals surface area contributed by atoms with E-state index in [0.717, 1.165) is 0 Å². The Balaban J connectivity index is 4.83. The van der Waals surface area contributed by atoms with Crippen molar-refractivity contribution in [3.63, 3.8) is 0 Å². The molecule has 0 saturated carbocycles. The molecular formula is C13H18O4. The molecule has 0 rings (SSSR count). The third-order valence-corrected chi connectivity index (χ3v) is 1.67. The van der Waals surface area contributed by atoms with E-state index in [1.54, 1.807) is 32.1 Å². The van der Waals surface area contributed by atoms with Gasteiger partial charge in [-0.15, -0.1) is 0 Å². The normalized spacial score (nSPS) is 10.5. The minimum absolute atomic E-state index is 0.102. The molecule has 0 spiro atoms. The molecule has 0 aromatic rings. The van der Waals surface area contributed by atoms with E-state index in [9.17, 15) is 9.59 Å². The van der Waals surface area contributed by atoms with Gasteiger partial charge in [-0.3, -0.25) is 0 Å². The summed E-state index contributed by atoms with van der Waals surface area (Å²) in [6.07, 6.45) is 8.29. The maximum atomic E-state index is 11.5. The summed E-state index contributed by atoms with van der Waals surface area (Å²) in [4.78, 5) is 23.0. The summed E-state index contributed by atoms with van der Waals surface area (Å²) in [5.41, 5.74) is -0.102. The lowest BCUT2D eigenvalue weighted by molar-refractivity contribution is -0.146. The Morgan fingerprint density at radius 2 is 1.47 bits per heavy atom. The standard InChI is InChI=1S/C13H18O4/c1-4-7-8-9-10-11(12(14)16-5-2)13(15)17-6-3/h4,7-10H,5-6H2,1-3H3. The summed E-state index contributed by atoms with van der Waals surface area (Å²) in [6.45, 7) is 5.65. The maximum Gasteiger partial charge on any atom is 0.345 e. The van der Waals surface area contributed by atoms with Gasteiger partial charge >= 0.3 is 11.9 Å². The van der Waals surface area contributed by atoms with Crippen LogP contribution in [0.2, 0.25) is 0 Å². The summed E-state index contributed by atoms with van der Waals surface area (Å²) >= 11 is 0. The zero-order valence-corrected chi connectivity index (χ0v) is 10.4. The van der Waals surface area contributed by atoms with Crippen LogP contribution < -0.4 is 0 Å². The summed E-state index contributed by atoms with van der Waals surface area (Å²) in [5, 5.41) is 0. The Hall–Kier alpha value is -1.84. The van der Waals surface area contributed by atoms with Crippen LogP contribution in [0.25, 0.3) is 0 Å². The van der Waals surface area contributed by atoms with E-state index in [-0.39, 0.29) is 18.8 Å². The molecule has 0 aromatic heterocycles. The molecule has 0 heterocycles. The third-order valence-electron chi connectivity index (χ3n) is 1.67. The van der Waals surface area contributed by atoms with Crippen molar-refractivity contribution in [2.24, 2.45) is 0 Å². The van der Waals surface area contributed by atoms with E-state index < -0.39 is 11.9 Å². The number of rotatable bonds is 6. The van der Waals surface area contributed by atoms with Crippen LogP contribution in [0.5, 0.6) is 0 Å². The molecular weight excluding hydrogens is 220 g/mol. The molecule has 17 heavy (non-hydrogen) atoms. The second-order valence-corrected chi connectivity index (χ2v) is 2.93. The molecule has 0 unspecified atom stereocenters. The van der Waals surface area contributed by atoms with E-state index in [4.69, 9.17) is 9.47 Å². The van der Waals surface area contributed by atoms with Crippen molar-refractivity contribution in [1.29, 1.82) is 0 Å². The van der Waals surface area contributed by atoms with Crippen LogP contribution in [-0.2, 0) is 19.1 Å². The molecule has 0 aromatic carbocycles. The predicted molar refractivity (Wildman–Crippen MR) is 65.3 cm³/mol. The molecule has 4 nitrogen and oxygen atoms in total. The molecule has 4 heteroatoms. The highest BCUT2D eigenvalue weighted by molar-refractivity contribution is 6.14. The minimum atomic E-state index is -0.670. The fraction of sp³-hybridized carbons (Fsp3) is 0.385. The molecule has 0 fully saturated rings. The molecule has 0 amide bonds. The molecule has 0 radical (unpaired) electrons. The lowest BCUT2D eigenvalue weighted by atomic mass is 10.2. The second kappa shape index (κ2) is 9.39. The van der Waals surface area contributed by atoms with E-state index in [1.807, 2.05) is 13.0 Å². The van der Waals surface area contributed by atoms with Gasteiger partial charge in [-0.2, -0.15) is 0 Å². The van der Waals surface area contributed by atoms with Gasteiger partial charge in [0, 0.05) is 0 Å². The van der Waals surface area contributed by atoms with Gasteiger partial charge in [0.1, 0.15) is 5.57 Å². The highest BCUT2D eigenvalue weighted by Crippen LogP contribution is 2.03. The predicted octanol–water partition coefficient (Wildman–Crippen LogP) is 2.17. The van der Waals surface area contributed by atoms with Crippen molar-refractivity contribution >= 4 is 11.9 Å². The summed E-state index contributed by atoms with van der Waals surface area (Å²) < 4.78 is 9.54. The van der Waals surface area contributed by atoms with Gasteiger partial charge in [0.15, 0.2) is 0 Å². The van der Waals surface area contributed by atoms with E-state index in [0.29, 0.717) is 0 Å². The average molecular weight is 238 g/mol. The van der Waals surface area contributed by atoms with Gasteiger partial charge in [-0.1, -0.05) is 24.3 Å². The first-order chi connectivity index (χ1) is 8.17. The fourth-order valence-electron chi connectivity index (χ4n) is 0.964. The minimum Gasteiger partial charge on any atom is -0.462 e. The largest absolute Gasteiger partial charge is 0.462 e. The Bertz CT molecular complexity index is 317. The molecule has 0 aliphatic heterocycles. The van der Waals surface area contributed by atoms with Crippen molar-refractivity contribution in [3.8, 4) is 0 Å². The van der Waals surface area contributed by atoms with Crippen molar-refractivity contribution in [2.45, 2.75) is 20.8 Å². The molecule has 0 aliphatic rings. The Morgan fingerprint density at radius 3 is 1.88 bits per heavy atom. The van der Waals surface area contributed by atoms with Crippen molar-refractivity contribution < 1.29 is 19.1 Å². The number of esters is 2. The van der Waals surface area contributed by atoms with Gasteiger partial charge in [-0.25, -0.2) is 9.59 Å². The van der Waals surface area contributed by atoms with Gasteiger partial charge in [0.05, 0.1) is 13.2 Å². The first kappa shape index (κ1) is 15.2. The maximum absolute atomic E-state index is 11.5. The number of carbonyl (C=O) groups excluding carboxylic acids is 2. The third kappa shape index (κ3) is 6.35. The Kier molecular flexibility index (Phi) is 8.37. The lowest BCUT2D eigenvalue weighted by Crippen LogP contribution is -2.18. The second-order valence-electron chi connectivity index (χ2n) is 2.93. The van der Waals surface area contributed by atoms with Crippen molar-refractivity contribution in [3.05, 3.63) is 36.0 Å². The average Bonchev–Trinajstić information content (AvgIpc) is 2.29. The van der Waals surface area contributed by atoms with Gasteiger partial charge in [0.2, 0.25) is 0 Å². The Morgan fingerprint density at radius 1 is 0.941 bits per heavy atom. The van der Waals surface area contributed by atoms with Crippen LogP contribution in [0.1, 0.15) is 20.8 Å². The van der Waals surface area contributed by atoms with Crippen LogP contribution in [0.4, 0.5) is 0 Å². The van der Waals surface area contributed by atoms with Crippen LogP contribution in [0, 0.1) is 0 Å². The SMILES string of the molecule is CC=CC=CC=C(C(=O)OCC)C(=O)OCC. The number of ether oxygens (including phenoxy) is 2. The number of hydrogen-bond acceptors (Lipinski definition) is 4. The fourth-order valence-corrected chi connectivity index (χ4v) is 0.964. The van der Waals surface area contributed by atoms with Gasteiger partial charge in [0.25, 0.3) is 0 Å². The van der Waals surface area contributed by atoms with Crippen LogP contribution in [-0.4, -0.2) is 25.2 Å². The monoisotopic (exact) mass is 238 g/mol. The van der Waals surface area contributed by atoms with Crippen LogP contribution >= 0.6 is 0 Å². The van der Waals surface area contributed by atoms with E-state index in [1.165, 1.54) is 6.08 Å². The quantitative estimate of drug-likeness (QED) is 0.234. The van der Waals surface area contributed by atoms with E-state index in [2.05, 4.69) is 0 Å². The van der Waals surface area contributed by atoms with Gasteiger partial charge in [-0.05, 0) is 26.8 Å². The smallest absolute Gasteiger partial charge is 0.345 e. The Labute approximate surface area is 102 Å². The van der Waals surface area contributed by atoms with Crippen molar-refractivity contribution in [2.75, 3.05) is 13.2 Å². The van der Waals surface area contributed by atoms with Crippen molar-refractivity contribution in [1.82, 2.24) is 0 Å². The summed E-state index contributed by atoms with van der Waals surface area (Å²) in [6, 6.07) is 0. The summed E-state index contributed by atoms with van der Waals surface area (Å²) in [5.74, 6) is -1.34. The van der Waals surface area contributed by atoms with Crippen LogP contribution in [0.3, 0.4) is 0 Å². The zero-order chi connectivity index (χ0) is 13.1. The highest BCUT2D eigenvalue weighted by atomic mass is 16.6. The van der Waals surface area contributed by atoms with Crippen LogP contribution in [0.15, 0.2) is 36.0 Å². The molecule has 0 N–H and O–H groups in total. The van der Waals surface area contributed by atoms with Gasteiger partial charge < -0.3 is 9.47 Å². The molecule has 0 saturated heterocycles.